The lowest BCUT2D eigenvalue weighted by molar-refractivity contribution is 0.0963. The molecule has 0 saturated carbocycles. The van der Waals surface area contributed by atoms with Crippen LogP contribution in [-0.2, 0) is 0 Å². The van der Waals surface area contributed by atoms with E-state index in [9.17, 15) is 4.79 Å². The Morgan fingerprint density at radius 2 is 2.14 bits per heavy atom. The zero-order valence-corrected chi connectivity index (χ0v) is 12.6. The summed E-state index contributed by atoms with van der Waals surface area (Å²) in [6.45, 7) is 0. The second-order valence-electron chi connectivity index (χ2n) is 4.26. The number of hydrogen-bond donors (Lipinski definition) is 2. The van der Waals surface area contributed by atoms with Gasteiger partial charge in [0.15, 0.2) is 5.13 Å². The average molecular weight is 319 g/mol. The maximum absolute atomic E-state index is 11.6. The molecule has 106 valence electrons. The van der Waals surface area contributed by atoms with Crippen molar-refractivity contribution in [2.45, 2.75) is 0 Å². The van der Waals surface area contributed by atoms with Gasteiger partial charge in [-0.1, -0.05) is 22.9 Å². The quantitative estimate of drug-likeness (QED) is 0.776. The zero-order valence-electron chi connectivity index (χ0n) is 11.1. The lowest BCUT2D eigenvalue weighted by atomic mass is 10.2. The molecule has 2 N–H and O–H groups in total. The first-order chi connectivity index (χ1) is 10.2. The first-order valence-corrected chi connectivity index (χ1v) is 7.36. The summed E-state index contributed by atoms with van der Waals surface area (Å²) in [5.41, 5.74) is 1.41. The summed E-state index contributed by atoms with van der Waals surface area (Å²) in [5.74, 6) is 0.415. The SMILES string of the molecule is CNC(=O)c1ccnc(Nc2nc3ccc(Cl)cc3s2)c1. The molecule has 0 spiro atoms. The molecule has 0 aliphatic rings. The van der Waals surface area contributed by atoms with Crippen LogP contribution in [0.1, 0.15) is 10.4 Å². The number of carbonyl (C=O) groups excluding carboxylic acids is 1. The van der Waals surface area contributed by atoms with E-state index in [1.54, 1.807) is 31.4 Å². The number of rotatable bonds is 3. The van der Waals surface area contributed by atoms with E-state index < -0.39 is 0 Å². The van der Waals surface area contributed by atoms with E-state index in [2.05, 4.69) is 20.6 Å². The number of halogens is 1. The maximum atomic E-state index is 11.6. The van der Waals surface area contributed by atoms with Crippen LogP contribution in [0.5, 0.6) is 0 Å². The Hall–Kier alpha value is -2.18. The third kappa shape index (κ3) is 2.96. The lowest BCUT2D eigenvalue weighted by Crippen LogP contribution is -2.17. The fourth-order valence-corrected chi connectivity index (χ4v) is 2.99. The molecule has 2 aromatic heterocycles. The van der Waals surface area contributed by atoms with Crippen LogP contribution < -0.4 is 10.6 Å². The monoisotopic (exact) mass is 318 g/mol. The molecule has 1 aromatic carbocycles. The van der Waals surface area contributed by atoms with Crippen molar-refractivity contribution in [1.82, 2.24) is 15.3 Å². The smallest absolute Gasteiger partial charge is 0.251 e. The van der Waals surface area contributed by atoms with Crippen molar-refractivity contribution in [2.75, 3.05) is 12.4 Å². The van der Waals surface area contributed by atoms with Crippen LogP contribution in [0.25, 0.3) is 10.2 Å². The highest BCUT2D eigenvalue weighted by molar-refractivity contribution is 7.22. The van der Waals surface area contributed by atoms with Crippen LogP contribution in [0, 0.1) is 0 Å². The number of aromatic nitrogens is 2. The van der Waals surface area contributed by atoms with E-state index in [-0.39, 0.29) is 5.91 Å². The van der Waals surface area contributed by atoms with E-state index in [1.807, 2.05) is 12.1 Å². The highest BCUT2D eigenvalue weighted by Gasteiger charge is 2.08. The van der Waals surface area contributed by atoms with Crippen molar-refractivity contribution in [3.63, 3.8) is 0 Å². The van der Waals surface area contributed by atoms with Crippen LogP contribution in [-0.4, -0.2) is 22.9 Å². The van der Waals surface area contributed by atoms with Crippen LogP contribution >= 0.6 is 22.9 Å². The van der Waals surface area contributed by atoms with E-state index >= 15 is 0 Å². The molecule has 0 aliphatic carbocycles. The number of nitrogens with zero attached hydrogens (tertiary/aromatic N) is 2. The number of anilines is 2. The van der Waals surface area contributed by atoms with Crippen molar-refractivity contribution in [3.8, 4) is 0 Å². The Kier molecular flexibility index (Phi) is 3.72. The third-order valence-corrected chi connectivity index (χ3v) is 4.00. The van der Waals surface area contributed by atoms with E-state index in [0.717, 1.165) is 10.2 Å². The Labute approximate surface area is 130 Å². The van der Waals surface area contributed by atoms with Gasteiger partial charge in [0.1, 0.15) is 5.82 Å². The van der Waals surface area contributed by atoms with Gasteiger partial charge in [0.25, 0.3) is 5.91 Å². The largest absolute Gasteiger partial charge is 0.355 e. The number of carbonyl (C=O) groups is 1. The van der Waals surface area contributed by atoms with Crippen molar-refractivity contribution in [1.29, 1.82) is 0 Å². The first-order valence-electron chi connectivity index (χ1n) is 6.17. The van der Waals surface area contributed by atoms with Crippen LogP contribution in [0.15, 0.2) is 36.5 Å². The molecule has 0 atom stereocenters. The van der Waals surface area contributed by atoms with Crippen molar-refractivity contribution < 1.29 is 4.79 Å². The van der Waals surface area contributed by atoms with Crippen LogP contribution in [0.3, 0.4) is 0 Å². The predicted octanol–water partition coefficient (Wildman–Crippen LogP) is 3.45. The van der Waals surface area contributed by atoms with Gasteiger partial charge in [-0.25, -0.2) is 9.97 Å². The van der Waals surface area contributed by atoms with Crippen molar-refractivity contribution in [2.24, 2.45) is 0 Å². The molecule has 0 fully saturated rings. The van der Waals surface area contributed by atoms with Crippen LogP contribution in [0.2, 0.25) is 5.02 Å². The summed E-state index contributed by atoms with van der Waals surface area (Å²) in [4.78, 5) is 20.2. The molecular formula is C14H11ClN4OS. The zero-order chi connectivity index (χ0) is 14.8. The van der Waals surface area contributed by atoms with E-state index in [0.29, 0.717) is 21.5 Å². The first kappa shape index (κ1) is 13.8. The van der Waals surface area contributed by atoms with Gasteiger partial charge < -0.3 is 10.6 Å². The minimum absolute atomic E-state index is 0.156. The molecule has 0 bridgehead atoms. The van der Waals surface area contributed by atoms with Gasteiger partial charge in [-0.15, -0.1) is 0 Å². The van der Waals surface area contributed by atoms with Gasteiger partial charge >= 0.3 is 0 Å². The lowest BCUT2D eigenvalue weighted by Gasteiger charge is -2.03. The molecule has 3 aromatic rings. The fraction of sp³-hybridized carbons (Fsp3) is 0.0714. The molecule has 0 radical (unpaired) electrons. The number of hydrogen-bond acceptors (Lipinski definition) is 5. The van der Waals surface area contributed by atoms with E-state index in [4.69, 9.17) is 11.6 Å². The fourth-order valence-electron chi connectivity index (χ4n) is 1.85. The van der Waals surface area contributed by atoms with Gasteiger partial charge in [0.05, 0.1) is 10.2 Å². The second kappa shape index (κ2) is 5.67. The standard InChI is InChI=1S/C14H11ClN4OS/c1-16-13(20)8-4-5-17-12(6-8)19-14-18-10-3-2-9(15)7-11(10)21-14/h2-7H,1H3,(H,16,20)(H,17,18,19). The number of nitrogens with one attached hydrogen (secondary N) is 2. The number of benzene rings is 1. The molecular weight excluding hydrogens is 308 g/mol. The molecule has 0 aliphatic heterocycles. The van der Waals surface area contributed by atoms with Crippen molar-refractivity contribution in [3.05, 3.63) is 47.1 Å². The Morgan fingerprint density at radius 3 is 2.95 bits per heavy atom. The van der Waals surface area contributed by atoms with Gasteiger partial charge in [-0.05, 0) is 30.3 Å². The van der Waals surface area contributed by atoms with Gasteiger partial charge in [0.2, 0.25) is 0 Å². The Balaban J connectivity index is 1.89. The number of fused-ring (bicyclic) bond motifs is 1. The third-order valence-electron chi connectivity index (χ3n) is 2.83. The molecule has 0 unspecified atom stereocenters. The Bertz CT molecular complexity index is 818. The number of thiazole rings is 1. The number of pyridine rings is 1. The summed E-state index contributed by atoms with van der Waals surface area (Å²) in [6, 6.07) is 8.87. The van der Waals surface area contributed by atoms with Crippen molar-refractivity contribution >= 4 is 50.0 Å². The molecule has 0 saturated heterocycles. The van der Waals surface area contributed by atoms with Gasteiger partial charge in [-0.3, -0.25) is 4.79 Å². The molecule has 21 heavy (non-hydrogen) atoms. The minimum atomic E-state index is -0.156. The van der Waals surface area contributed by atoms with Gasteiger partial charge in [-0.2, -0.15) is 0 Å². The summed E-state index contributed by atoms with van der Waals surface area (Å²) in [5, 5.41) is 7.06. The van der Waals surface area contributed by atoms with Gasteiger partial charge in [0, 0.05) is 23.8 Å². The second-order valence-corrected chi connectivity index (χ2v) is 5.73. The van der Waals surface area contributed by atoms with Crippen LogP contribution in [0.4, 0.5) is 10.9 Å². The number of amides is 1. The normalized spacial score (nSPS) is 10.6. The highest BCUT2D eigenvalue weighted by atomic mass is 35.5. The Morgan fingerprint density at radius 1 is 1.29 bits per heavy atom. The molecule has 7 heteroatoms. The minimum Gasteiger partial charge on any atom is -0.355 e. The van der Waals surface area contributed by atoms with E-state index in [1.165, 1.54) is 11.3 Å². The highest BCUT2D eigenvalue weighted by Crippen LogP contribution is 2.29. The molecule has 1 amide bonds. The summed E-state index contributed by atoms with van der Waals surface area (Å²) < 4.78 is 0.993. The average Bonchev–Trinajstić information content (AvgIpc) is 2.88. The molecule has 2 heterocycles. The summed E-state index contributed by atoms with van der Waals surface area (Å²) in [6.07, 6.45) is 1.58. The summed E-state index contributed by atoms with van der Waals surface area (Å²) in [7, 11) is 1.59. The maximum Gasteiger partial charge on any atom is 0.251 e. The topological polar surface area (TPSA) is 66.9 Å². The predicted molar refractivity (Wildman–Crippen MR) is 85.5 cm³/mol. The summed E-state index contributed by atoms with van der Waals surface area (Å²) >= 11 is 7.44. The molecule has 5 nitrogen and oxygen atoms in total. The molecule has 3 rings (SSSR count).